The Morgan fingerprint density at radius 2 is 1.91 bits per heavy atom. The van der Waals surface area contributed by atoms with Crippen LogP contribution in [-0.4, -0.2) is 35.0 Å². The maximum absolute atomic E-state index is 12.3. The van der Waals surface area contributed by atoms with Crippen molar-refractivity contribution < 1.29 is 14.1 Å². The Morgan fingerprint density at radius 3 is 2.52 bits per heavy atom. The number of hydrogen-bond donors (Lipinski definition) is 1. The maximum Gasteiger partial charge on any atom is 0.276 e. The highest BCUT2D eigenvalue weighted by Gasteiger charge is 2.28. The van der Waals surface area contributed by atoms with Gasteiger partial charge in [0.1, 0.15) is 5.76 Å². The van der Waals surface area contributed by atoms with Gasteiger partial charge in [0.15, 0.2) is 5.69 Å². The number of rotatable bonds is 3. The topological polar surface area (TPSA) is 75.4 Å². The molecule has 1 aliphatic heterocycles. The minimum absolute atomic E-state index is 0.0144. The summed E-state index contributed by atoms with van der Waals surface area (Å²) in [5, 5.41) is 6.68. The zero-order valence-corrected chi connectivity index (χ0v) is 13.0. The molecule has 0 atom stereocenters. The minimum Gasteiger partial charge on any atom is -0.361 e. The number of piperidine rings is 1. The van der Waals surface area contributed by atoms with Crippen molar-refractivity contribution in [2.75, 3.05) is 18.4 Å². The van der Waals surface area contributed by atoms with Gasteiger partial charge in [0.25, 0.3) is 5.91 Å². The molecule has 3 rings (SSSR count). The highest BCUT2D eigenvalue weighted by atomic mass is 16.5. The van der Waals surface area contributed by atoms with Gasteiger partial charge in [-0.2, -0.15) is 0 Å². The fraction of sp³-hybridized carbons (Fsp3) is 0.353. The molecule has 0 unspecified atom stereocenters. The molecule has 120 valence electrons. The third kappa shape index (κ3) is 3.59. The molecule has 23 heavy (non-hydrogen) atoms. The Balaban J connectivity index is 1.54. The highest BCUT2D eigenvalue weighted by Crippen LogP contribution is 2.21. The molecule has 1 N–H and O–H groups in total. The predicted molar refractivity (Wildman–Crippen MR) is 84.9 cm³/mol. The van der Waals surface area contributed by atoms with Gasteiger partial charge in [0, 0.05) is 30.8 Å². The number of carbonyl (C=O) groups is 2. The second-order valence-corrected chi connectivity index (χ2v) is 5.74. The van der Waals surface area contributed by atoms with Gasteiger partial charge >= 0.3 is 0 Å². The number of nitrogens with one attached hydrogen (secondary N) is 1. The van der Waals surface area contributed by atoms with Crippen molar-refractivity contribution in [1.29, 1.82) is 0 Å². The van der Waals surface area contributed by atoms with Crippen molar-refractivity contribution in [3.8, 4) is 0 Å². The number of aryl methyl sites for hydroxylation is 1. The van der Waals surface area contributed by atoms with Crippen LogP contribution in [0.25, 0.3) is 0 Å². The molecule has 1 aliphatic rings. The van der Waals surface area contributed by atoms with Crippen molar-refractivity contribution in [1.82, 2.24) is 10.1 Å². The van der Waals surface area contributed by atoms with E-state index in [0.29, 0.717) is 37.4 Å². The van der Waals surface area contributed by atoms with E-state index < -0.39 is 0 Å². The molecular formula is C17H19N3O3. The van der Waals surface area contributed by atoms with Crippen LogP contribution in [0.1, 0.15) is 29.1 Å². The Hall–Kier alpha value is -2.63. The number of para-hydroxylation sites is 1. The molecule has 2 aromatic rings. The zero-order chi connectivity index (χ0) is 16.2. The van der Waals surface area contributed by atoms with Gasteiger partial charge in [-0.1, -0.05) is 23.4 Å². The van der Waals surface area contributed by atoms with Crippen LogP contribution in [0, 0.1) is 12.8 Å². The standard InChI is InChI=1S/C17H19N3O3/c1-12-11-15(19-23-12)17(22)20-9-7-13(8-10-20)16(21)18-14-5-3-2-4-6-14/h2-6,11,13H,7-10H2,1H3,(H,18,21). The highest BCUT2D eigenvalue weighted by molar-refractivity contribution is 5.94. The number of anilines is 1. The average Bonchev–Trinajstić information content (AvgIpc) is 3.02. The lowest BCUT2D eigenvalue weighted by Crippen LogP contribution is -2.41. The molecule has 2 amide bonds. The monoisotopic (exact) mass is 313 g/mol. The van der Waals surface area contributed by atoms with Crippen molar-refractivity contribution >= 4 is 17.5 Å². The van der Waals surface area contributed by atoms with Gasteiger partial charge in [-0.05, 0) is 31.9 Å². The number of likely N-dealkylation sites (tertiary alicyclic amines) is 1. The van der Waals surface area contributed by atoms with Crippen LogP contribution in [0.4, 0.5) is 5.69 Å². The number of amides is 2. The van der Waals surface area contributed by atoms with Gasteiger partial charge in [-0.3, -0.25) is 9.59 Å². The molecule has 0 spiro atoms. The Labute approximate surface area is 134 Å². The molecule has 0 radical (unpaired) electrons. The van der Waals surface area contributed by atoms with E-state index in [1.807, 2.05) is 30.3 Å². The van der Waals surface area contributed by atoms with Crippen molar-refractivity contribution in [3.05, 3.63) is 47.9 Å². The molecule has 6 heteroatoms. The van der Waals surface area contributed by atoms with Gasteiger partial charge in [-0.25, -0.2) is 0 Å². The molecule has 1 aromatic carbocycles. The van der Waals surface area contributed by atoms with Crippen LogP contribution < -0.4 is 5.32 Å². The molecule has 1 fully saturated rings. The van der Waals surface area contributed by atoms with Crippen LogP contribution in [-0.2, 0) is 4.79 Å². The number of benzene rings is 1. The van der Waals surface area contributed by atoms with E-state index in [9.17, 15) is 9.59 Å². The molecule has 6 nitrogen and oxygen atoms in total. The number of nitrogens with zero attached hydrogens (tertiary/aromatic N) is 2. The second-order valence-electron chi connectivity index (χ2n) is 5.74. The Morgan fingerprint density at radius 1 is 1.22 bits per heavy atom. The van der Waals surface area contributed by atoms with Gasteiger partial charge in [0.2, 0.25) is 5.91 Å². The first-order valence-corrected chi connectivity index (χ1v) is 7.72. The summed E-state index contributed by atoms with van der Waals surface area (Å²) >= 11 is 0. The summed E-state index contributed by atoms with van der Waals surface area (Å²) < 4.78 is 4.94. The summed E-state index contributed by atoms with van der Waals surface area (Å²) in [7, 11) is 0. The quantitative estimate of drug-likeness (QED) is 0.944. The van der Waals surface area contributed by atoms with Gasteiger partial charge in [0.05, 0.1) is 0 Å². The van der Waals surface area contributed by atoms with Crippen LogP contribution in [0.5, 0.6) is 0 Å². The Kier molecular flexibility index (Phi) is 4.41. The largest absolute Gasteiger partial charge is 0.361 e. The first kappa shape index (κ1) is 15.3. The third-order valence-corrected chi connectivity index (χ3v) is 4.04. The molecule has 0 bridgehead atoms. The lowest BCUT2D eigenvalue weighted by Gasteiger charge is -2.30. The number of hydrogen-bond acceptors (Lipinski definition) is 4. The Bertz CT molecular complexity index is 688. The number of carbonyl (C=O) groups excluding carboxylic acids is 2. The van der Waals surface area contributed by atoms with E-state index >= 15 is 0 Å². The molecule has 0 saturated carbocycles. The zero-order valence-electron chi connectivity index (χ0n) is 13.0. The normalized spacial score (nSPS) is 15.4. The van der Waals surface area contributed by atoms with Crippen LogP contribution >= 0.6 is 0 Å². The fourth-order valence-corrected chi connectivity index (χ4v) is 2.74. The summed E-state index contributed by atoms with van der Waals surface area (Å²) in [5.74, 6) is 0.424. The molecule has 1 aromatic heterocycles. The van der Waals surface area contributed by atoms with E-state index in [0.717, 1.165) is 5.69 Å². The second kappa shape index (κ2) is 6.64. The first-order valence-electron chi connectivity index (χ1n) is 7.72. The predicted octanol–water partition coefficient (Wildman–Crippen LogP) is 2.47. The van der Waals surface area contributed by atoms with Gasteiger partial charge < -0.3 is 14.7 Å². The summed E-state index contributed by atoms with van der Waals surface area (Å²) in [6.07, 6.45) is 1.31. The lowest BCUT2D eigenvalue weighted by atomic mass is 9.95. The summed E-state index contributed by atoms with van der Waals surface area (Å²) in [4.78, 5) is 26.3. The average molecular weight is 313 g/mol. The van der Waals surface area contributed by atoms with E-state index in [1.165, 1.54) is 0 Å². The third-order valence-electron chi connectivity index (χ3n) is 4.04. The molecule has 0 aliphatic carbocycles. The fourth-order valence-electron chi connectivity index (χ4n) is 2.74. The van der Waals surface area contributed by atoms with E-state index in [-0.39, 0.29) is 17.7 Å². The molecular weight excluding hydrogens is 294 g/mol. The van der Waals surface area contributed by atoms with Crippen molar-refractivity contribution in [2.45, 2.75) is 19.8 Å². The van der Waals surface area contributed by atoms with Crippen molar-refractivity contribution in [3.63, 3.8) is 0 Å². The molecule has 1 saturated heterocycles. The molecule has 2 heterocycles. The van der Waals surface area contributed by atoms with Crippen LogP contribution in [0.2, 0.25) is 0 Å². The summed E-state index contributed by atoms with van der Waals surface area (Å²) in [6.45, 7) is 2.86. The van der Waals surface area contributed by atoms with Crippen molar-refractivity contribution in [2.24, 2.45) is 5.92 Å². The summed E-state index contributed by atoms with van der Waals surface area (Å²) in [5.41, 5.74) is 1.13. The van der Waals surface area contributed by atoms with E-state index in [4.69, 9.17) is 4.52 Å². The minimum atomic E-state index is -0.135. The first-order chi connectivity index (χ1) is 11.1. The van der Waals surface area contributed by atoms with E-state index in [2.05, 4.69) is 10.5 Å². The number of aromatic nitrogens is 1. The van der Waals surface area contributed by atoms with E-state index in [1.54, 1.807) is 17.9 Å². The van der Waals surface area contributed by atoms with Gasteiger partial charge in [-0.15, -0.1) is 0 Å². The summed E-state index contributed by atoms with van der Waals surface area (Å²) in [6, 6.07) is 11.0. The maximum atomic E-state index is 12.3. The SMILES string of the molecule is Cc1cc(C(=O)N2CCC(C(=O)Nc3ccccc3)CC2)no1. The van der Waals surface area contributed by atoms with Crippen LogP contribution in [0.15, 0.2) is 40.9 Å². The van der Waals surface area contributed by atoms with Crippen LogP contribution in [0.3, 0.4) is 0 Å². The lowest BCUT2D eigenvalue weighted by molar-refractivity contribution is -0.121. The smallest absolute Gasteiger partial charge is 0.276 e.